The summed E-state index contributed by atoms with van der Waals surface area (Å²) < 4.78 is 1.84. The van der Waals surface area contributed by atoms with Crippen molar-refractivity contribution in [2.24, 2.45) is 13.0 Å². The number of nitrogens with zero attached hydrogens (tertiary/aromatic N) is 3. The van der Waals surface area contributed by atoms with Crippen LogP contribution in [0, 0.1) is 12.8 Å². The Morgan fingerprint density at radius 1 is 1.50 bits per heavy atom. The number of hydrogen-bond donors (Lipinski definition) is 1. The van der Waals surface area contributed by atoms with E-state index in [9.17, 15) is 4.79 Å². The number of carbonyl (C=O) groups excluding carboxylic acids is 1. The fraction of sp³-hybridized carbons (Fsp3) is 0.400. The van der Waals surface area contributed by atoms with Gasteiger partial charge in [0.1, 0.15) is 9.84 Å². The highest BCUT2D eigenvalue weighted by molar-refractivity contribution is 7.20. The Balaban J connectivity index is 1.61. The molecule has 0 radical (unpaired) electrons. The maximum Gasteiger partial charge on any atom is 0.262 e. The standard InChI is InChI=1S/C15H16N4OS2/c1-8-10-7-11(22-15(10)19(2)18-8)13(20)17-12(9-3-4-9)14-16-5-6-21-14/h5-7,9,12H,3-4H2,1-2H3,(H,17,20)/t12-/m0/s1. The summed E-state index contributed by atoms with van der Waals surface area (Å²) >= 11 is 3.11. The molecule has 1 atom stereocenters. The Morgan fingerprint density at radius 3 is 2.95 bits per heavy atom. The van der Waals surface area contributed by atoms with Crippen molar-refractivity contribution in [1.29, 1.82) is 0 Å². The zero-order chi connectivity index (χ0) is 15.3. The lowest BCUT2D eigenvalue weighted by Crippen LogP contribution is -2.29. The maximum atomic E-state index is 12.6. The van der Waals surface area contributed by atoms with Crippen LogP contribution in [0.25, 0.3) is 10.2 Å². The van der Waals surface area contributed by atoms with Crippen LogP contribution in [0.15, 0.2) is 17.6 Å². The summed E-state index contributed by atoms with van der Waals surface area (Å²) in [5.41, 5.74) is 0.964. The summed E-state index contributed by atoms with van der Waals surface area (Å²) in [6.07, 6.45) is 4.13. The Bertz CT molecular complexity index is 795. The highest BCUT2D eigenvalue weighted by Gasteiger charge is 2.35. The van der Waals surface area contributed by atoms with Gasteiger partial charge < -0.3 is 5.32 Å². The Labute approximate surface area is 136 Å². The molecule has 1 amide bonds. The molecular weight excluding hydrogens is 316 g/mol. The van der Waals surface area contributed by atoms with Crippen molar-refractivity contribution in [2.75, 3.05) is 0 Å². The van der Waals surface area contributed by atoms with Crippen molar-refractivity contribution in [3.8, 4) is 0 Å². The minimum Gasteiger partial charge on any atom is -0.342 e. The molecule has 0 saturated heterocycles. The molecule has 4 rings (SSSR count). The summed E-state index contributed by atoms with van der Waals surface area (Å²) in [6.45, 7) is 1.97. The molecule has 7 heteroatoms. The summed E-state index contributed by atoms with van der Waals surface area (Å²) in [5.74, 6) is 0.528. The first-order valence-electron chi connectivity index (χ1n) is 7.27. The van der Waals surface area contributed by atoms with Gasteiger partial charge in [0, 0.05) is 24.0 Å². The van der Waals surface area contributed by atoms with Crippen molar-refractivity contribution < 1.29 is 4.79 Å². The van der Waals surface area contributed by atoms with Gasteiger partial charge in [0.15, 0.2) is 0 Å². The van der Waals surface area contributed by atoms with Gasteiger partial charge in [0.25, 0.3) is 5.91 Å². The van der Waals surface area contributed by atoms with E-state index in [1.54, 1.807) is 17.5 Å². The Hall–Kier alpha value is -1.73. The highest BCUT2D eigenvalue weighted by Crippen LogP contribution is 2.42. The molecule has 22 heavy (non-hydrogen) atoms. The summed E-state index contributed by atoms with van der Waals surface area (Å²) in [5, 5.41) is 11.6. The van der Waals surface area contributed by atoms with Gasteiger partial charge in [-0.3, -0.25) is 9.48 Å². The Morgan fingerprint density at radius 2 is 2.32 bits per heavy atom. The van der Waals surface area contributed by atoms with Gasteiger partial charge >= 0.3 is 0 Å². The molecule has 1 saturated carbocycles. The molecule has 0 aliphatic heterocycles. The molecule has 5 nitrogen and oxygen atoms in total. The predicted octanol–water partition coefficient (Wildman–Crippen LogP) is 3.28. The fourth-order valence-electron chi connectivity index (χ4n) is 2.73. The Kier molecular flexibility index (Phi) is 3.27. The number of aryl methyl sites for hydroxylation is 2. The average Bonchev–Trinajstić information content (AvgIpc) is 2.94. The van der Waals surface area contributed by atoms with E-state index in [1.165, 1.54) is 24.2 Å². The number of fused-ring (bicyclic) bond motifs is 1. The van der Waals surface area contributed by atoms with Crippen LogP contribution in [0.1, 0.15) is 39.3 Å². The molecule has 0 bridgehead atoms. The number of hydrogen-bond acceptors (Lipinski definition) is 5. The SMILES string of the molecule is Cc1nn(C)c2sc(C(=O)N[C@H](c3nccs3)C3CC3)cc12. The second-order valence-electron chi connectivity index (χ2n) is 5.70. The number of aromatic nitrogens is 3. The average molecular weight is 332 g/mol. The molecule has 1 aliphatic rings. The molecule has 0 aromatic carbocycles. The van der Waals surface area contributed by atoms with E-state index in [-0.39, 0.29) is 11.9 Å². The van der Waals surface area contributed by atoms with Crippen molar-refractivity contribution in [2.45, 2.75) is 25.8 Å². The van der Waals surface area contributed by atoms with Crippen LogP contribution in [0.4, 0.5) is 0 Å². The van der Waals surface area contributed by atoms with Gasteiger partial charge in [-0.2, -0.15) is 5.10 Å². The highest BCUT2D eigenvalue weighted by atomic mass is 32.1. The van der Waals surface area contributed by atoms with Crippen LogP contribution in [0.3, 0.4) is 0 Å². The smallest absolute Gasteiger partial charge is 0.262 e. The second kappa shape index (κ2) is 5.17. The molecule has 0 spiro atoms. The van der Waals surface area contributed by atoms with E-state index in [0.717, 1.165) is 25.8 Å². The van der Waals surface area contributed by atoms with Crippen molar-refractivity contribution in [1.82, 2.24) is 20.1 Å². The molecule has 3 aromatic rings. The number of rotatable bonds is 4. The predicted molar refractivity (Wildman–Crippen MR) is 88.4 cm³/mol. The van der Waals surface area contributed by atoms with Gasteiger partial charge in [0.05, 0.1) is 16.6 Å². The lowest BCUT2D eigenvalue weighted by Gasteiger charge is -2.15. The van der Waals surface area contributed by atoms with Gasteiger partial charge in [0.2, 0.25) is 0 Å². The zero-order valence-electron chi connectivity index (χ0n) is 12.4. The lowest BCUT2D eigenvalue weighted by atomic mass is 10.2. The molecule has 114 valence electrons. The molecule has 3 aromatic heterocycles. The third kappa shape index (κ3) is 2.34. The number of amides is 1. The van der Waals surface area contributed by atoms with E-state index in [2.05, 4.69) is 15.4 Å². The second-order valence-corrected chi connectivity index (χ2v) is 7.65. The van der Waals surface area contributed by atoms with E-state index in [4.69, 9.17) is 0 Å². The number of thiazole rings is 1. The van der Waals surface area contributed by atoms with Crippen LogP contribution in [0.5, 0.6) is 0 Å². The first-order valence-corrected chi connectivity index (χ1v) is 8.96. The number of nitrogens with one attached hydrogen (secondary N) is 1. The van der Waals surface area contributed by atoms with Crippen LogP contribution >= 0.6 is 22.7 Å². The molecule has 1 aliphatic carbocycles. The van der Waals surface area contributed by atoms with Gasteiger partial charge in [-0.15, -0.1) is 22.7 Å². The van der Waals surface area contributed by atoms with Crippen LogP contribution in [-0.4, -0.2) is 20.7 Å². The molecule has 1 N–H and O–H groups in total. The molecule has 0 unspecified atom stereocenters. The van der Waals surface area contributed by atoms with Crippen LogP contribution in [-0.2, 0) is 7.05 Å². The van der Waals surface area contributed by atoms with E-state index in [1.807, 2.05) is 30.1 Å². The minimum atomic E-state index is -0.00676. The third-order valence-electron chi connectivity index (χ3n) is 4.02. The minimum absolute atomic E-state index is 0.00676. The normalized spacial score (nSPS) is 16.1. The maximum absolute atomic E-state index is 12.6. The fourth-order valence-corrected chi connectivity index (χ4v) is 4.54. The monoisotopic (exact) mass is 332 g/mol. The molecule has 1 fully saturated rings. The quantitative estimate of drug-likeness (QED) is 0.797. The van der Waals surface area contributed by atoms with Crippen molar-refractivity contribution in [3.63, 3.8) is 0 Å². The largest absolute Gasteiger partial charge is 0.342 e. The molecule has 3 heterocycles. The summed E-state index contributed by atoms with van der Waals surface area (Å²) in [7, 11) is 1.91. The van der Waals surface area contributed by atoms with E-state index in [0.29, 0.717) is 5.92 Å². The molecular formula is C15H16N4OS2. The summed E-state index contributed by atoms with van der Waals surface area (Å²) in [4.78, 5) is 18.8. The zero-order valence-corrected chi connectivity index (χ0v) is 14.0. The van der Waals surface area contributed by atoms with Crippen LogP contribution < -0.4 is 5.32 Å². The number of thiophene rings is 1. The van der Waals surface area contributed by atoms with Crippen molar-refractivity contribution >= 4 is 38.8 Å². The van der Waals surface area contributed by atoms with Crippen LogP contribution in [0.2, 0.25) is 0 Å². The van der Waals surface area contributed by atoms with Gasteiger partial charge in [-0.05, 0) is 31.7 Å². The summed E-state index contributed by atoms with van der Waals surface area (Å²) in [6, 6.07) is 2.00. The first-order chi connectivity index (χ1) is 10.6. The lowest BCUT2D eigenvalue weighted by molar-refractivity contribution is 0.0936. The topological polar surface area (TPSA) is 59.8 Å². The van der Waals surface area contributed by atoms with E-state index >= 15 is 0 Å². The third-order valence-corrected chi connectivity index (χ3v) is 6.08. The number of carbonyl (C=O) groups is 1. The van der Waals surface area contributed by atoms with Crippen molar-refractivity contribution in [3.05, 3.63) is 33.2 Å². The van der Waals surface area contributed by atoms with E-state index < -0.39 is 0 Å². The van der Waals surface area contributed by atoms with Gasteiger partial charge in [-0.25, -0.2) is 4.98 Å². The first kappa shape index (κ1) is 13.9. The van der Waals surface area contributed by atoms with Gasteiger partial charge in [-0.1, -0.05) is 0 Å².